The smallest absolute Gasteiger partial charge is 0.359 e. The number of halogens is 5. The zero-order valence-corrected chi connectivity index (χ0v) is 16.9. The Morgan fingerprint density at radius 2 is 1.91 bits per heavy atom. The summed E-state index contributed by atoms with van der Waals surface area (Å²) in [6, 6.07) is 6.84. The van der Waals surface area contributed by atoms with Crippen LogP contribution in [0.5, 0.6) is 0 Å². The third-order valence-corrected chi connectivity index (χ3v) is 5.19. The zero-order chi connectivity index (χ0) is 23.0. The molecule has 2 aromatic heterocycles. The fourth-order valence-electron chi connectivity index (χ4n) is 3.60. The lowest BCUT2D eigenvalue weighted by Crippen LogP contribution is -2.21. The summed E-state index contributed by atoms with van der Waals surface area (Å²) in [6.07, 6.45) is -2.22. The summed E-state index contributed by atoms with van der Waals surface area (Å²) in [5.74, 6) is -1.58. The molecule has 0 bridgehead atoms. The van der Waals surface area contributed by atoms with E-state index in [-0.39, 0.29) is 24.2 Å². The minimum Gasteiger partial charge on any atom is -0.359 e. The molecule has 4 aromatic rings. The lowest BCUT2D eigenvalue weighted by molar-refractivity contribution is -0.133. The number of fused-ring (bicyclic) bond motifs is 2. The van der Waals surface area contributed by atoms with E-state index in [1.165, 1.54) is 30.5 Å². The van der Waals surface area contributed by atoms with Gasteiger partial charge in [-0.1, -0.05) is 0 Å². The van der Waals surface area contributed by atoms with Crippen LogP contribution >= 0.6 is 0 Å². The summed E-state index contributed by atoms with van der Waals surface area (Å²) >= 11 is 0. The van der Waals surface area contributed by atoms with E-state index in [1.807, 2.05) is 0 Å². The van der Waals surface area contributed by atoms with Crippen molar-refractivity contribution in [1.82, 2.24) is 14.9 Å². The first-order chi connectivity index (χ1) is 15.1. The molecule has 2 aromatic carbocycles. The largest absolute Gasteiger partial charge is 0.390 e. The second kappa shape index (κ2) is 8.27. The van der Waals surface area contributed by atoms with E-state index < -0.39 is 30.1 Å². The van der Waals surface area contributed by atoms with Crippen molar-refractivity contribution in [1.29, 1.82) is 0 Å². The van der Waals surface area contributed by atoms with Crippen LogP contribution in [0.25, 0.3) is 21.8 Å². The third-order valence-electron chi connectivity index (χ3n) is 5.19. The molecule has 32 heavy (non-hydrogen) atoms. The summed E-state index contributed by atoms with van der Waals surface area (Å²) < 4.78 is 66.6. The molecule has 1 amide bonds. The van der Waals surface area contributed by atoms with Crippen molar-refractivity contribution in [3.05, 3.63) is 65.5 Å². The summed E-state index contributed by atoms with van der Waals surface area (Å²) in [4.78, 5) is 15.8. The quantitative estimate of drug-likeness (QED) is 0.278. The minimum atomic E-state index is -4.29. The predicted octanol–water partition coefficient (Wildman–Crippen LogP) is 5.23. The molecule has 0 unspecified atom stereocenters. The Hall–Kier alpha value is -3.40. The van der Waals surface area contributed by atoms with Gasteiger partial charge in [0.1, 0.15) is 11.6 Å². The van der Waals surface area contributed by atoms with Gasteiger partial charge in [-0.25, -0.2) is 8.78 Å². The van der Waals surface area contributed by atoms with Crippen LogP contribution in [0.3, 0.4) is 0 Å². The molecule has 0 aliphatic carbocycles. The van der Waals surface area contributed by atoms with Gasteiger partial charge in [0, 0.05) is 59.9 Å². The van der Waals surface area contributed by atoms with Crippen molar-refractivity contribution in [3.8, 4) is 0 Å². The van der Waals surface area contributed by atoms with Crippen LogP contribution in [0, 0.1) is 11.6 Å². The number of carbonyl (C=O) groups is 1. The van der Waals surface area contributed by atoms with Crippen molar-refractivity contribution >= 4 is 33.4 Å². The van der Waals surface area contributed by atoms with Gasteiger partial charge in [-0.05, 0) is 30.3 Å². The first-order valence-electron chi connectivity index (χ1n) is 9.75. The van der Waals surface area contributed by atoms with Crippen molar-refractivity contribution in [2.75, 3.05) is 11.9 Å². The maximum absolute atomic E-state index is 14.6. The SMILES string of the molecule is Cn1cc(C(=O)Nc2c[nH]c3ccc(F)cc23)c2cc(F)c(CNCCC(F)(F)F)cc21. The van der Waals surface area contributed by atoms with E-state index in [1.54, 1.807) is 23.9 Å². The topological polar surface area (TPSA) is 61.9 Å². The third kappa shape index (κ3) is 4.45. The van der Waals surface area contributed by atoms with E-state index in [2.05, 4.69) is 15.6 Å². The second-order valence-corrected chi connectivity index (χ2v) is 7.50. The van der Waals surface area contributed by atoms with Crippen molar-refractivity contribution in [2.24, 2.45) is 7.05 Å². The Labute approximate surface area is 179 Å². The Morgan fingerprint density at radius 3 is 2.66 bits per heavy atom. The van der Waals surface area contributed by atoms with E-state index in [0.717, 1.165) is 0 Å². The Morgan fingerprint density at radius 1 is 1.12 bits per heavy atom. The molecule has 0 fully saturated rings. The number of nitrogens with one attached hydrogen (secondary N) is 3. The van der Waals surface area contributed by atoms with Crippen LogP contribution in [-0.2, 0) is 13.6 Å². The minimum absolute atomic E-state index is 0.0779. The van der Waals surface area contributed by atoms with Gasteiger partial charge in [0.2, 0.25) is 0 Å². The van der Waals surface area contributed by atoms with Gasteiger partial charge < -0.3 is 20.2 Å². The van der Waals surface area contributed by atoms with Gasteiger partial charge in [0.25, 0.3) is 5.91 Å². The number of aromatic amines is 1. The molecule has 0 aliphatic heterocycles. The van der Waals surface area contributed by atoms with Gasteiger partial charge in [0.15, 0.2) is 0 Å². The first-order valence-corrected chi connectivity index (χ1v) is 9.75. The molecule has 0 saturated carbocycles. The average molecular weight is 450 g/mol. The lowest BCUT2D eigenvalue weighted by atomic mass is 10.1. The number of rotatable bonds is 6. The van der Waals surface area contributed by atoms with Gasteiger partial charge in [-0.2, -0.15) is 13.2 Å². The van der Waals surface area contributed by atoms with E-state index in [4.69, 9.17) is 0 Å². The normalized spacial score (nSPS) is 12.1. The Bertz CT molecular complexity index is 1310. The average Bonchev–Trinajstić information content (AvgIpc) is 3.25. The fraction of sp³-hybridized carbons (Fsp3) is 0.227. The molecule has 0 aliphatic rings. The number of hydrogen-bond donors (Lipinski definition) is 3. The van der Waals surface area contributed by atoms with Gasteiger partial charge >= 0.3 is 6.18 Å². The summed E-state index contributed by atoms with van der Waals surface area (Å²) in [5.41, 5.74) is 1.98. The molecule has 2 heterocycles. The van der Waals surface area contributed by atoms with Crippen LogP contribution in [0.15, 0.2) is 42.7 Å². The molecular formula is C22H19F5N4O. The fourth-order valence-corrected chi connectivity index (χ4v) is 3.60. The number of amides is 1. The number of alkyl halides is 3. The highest BCUT2D eigenvalue weighted by atomic mass is 19.4. The number of nitrogens with zero attached hydrogens (tertiary/aromatic N) is 1. The van der Waals surface area contributed by atoms with Crippen molar-refractivity contribution < 1.29 is 26.7 Å². The zero-order valence-electron chi connectivity index (χ0n) is 16.9. The molecule has 3 N–H and O–H groups in total. The number of aryl methyl sites for hydroxylation is 1. The number of anilines is 1. The van der Waals surface area contributed by atoms with Crippen LogP contribution in [-0.4, -0.2) is 28.2 Å². The molecule has 168 valence electrons. The van der Waals surface area contributed by atoms with Crippen LogP contribution < -0.4 is 10.6 Å². The first kappa shape index (κ1) is 21.8. The number of carbonyl (C=O) groups excluding carboxylic acids is 1. The molecule has 0 radical (unpaired) electrons. The predicted molar refractivity (Wildman–Crippen MR) is 111 cm³/mol. The molecule has 0 atom stereocenters. The maximum Gasteiger partial charge on any atom is 0.390 e. The molecule has 10 heteroatoms. The van der Waals surface area contributed by atoms with Crippen molar-refractivity contribution in [2.45, 2.75) is 19.1 Å². The summed E-state index contributed by atoms with van der Waals surface area (Å²) in [6.45, 7) is -0.404. The molecule has 0 spiro atoms. The lowest BCUT2D eigenvalue weighted by Gasteiger charge is -2.09. The van der Waals surface area contributed by atoms with E-state index >= 15 is 0 Å². The number of benzene rings is 2. The number of aromatic nitrogens is 2. The highest BCUT2D eigenvalue weighted by Gasteiger charge is 2.26. The number of hydrogen-bond acceptors (Lipinski definition) is 2. The molecular weight excluding hydrogens is 431 g/mol. The monoisotopic (exact) mass is 450 g/mol. The summed E-state index contributed by atoms with van der Waals surface area (Å²) in [7, 11) is 1.68. The Kier molecular flexibility index (Phi) is 5.64. The Balaban J connectivity index is 1.57. The van der Waals surface area contributed by atoms with Gasteiger partial charge in [-0.3, -0.25) is 4.79 Å². The standard InChI is InChI=1S/C22H19F5N4O/c1-31-11-16(21(32)30-19-10-29-18-3-2-13(23)7-15(18)19)14-8-17(24)12(6-20(14)31)9-28-5-4-22(25,26)27/h2-3,6-8,10-11,28-29H,4-5,9H2,1H3,(H,30,32). The maximum atomic E-state index is 14.6. The van der Waals surface area contributed by atoms with Crippen LogP contribution in [0.2, 0.25) is 0 Å². The molecule has 4 rings (SSSR count). The second-order valence-electron chi connectivity index (χ2n) is 7.50. The van der Waals surface area contributed by atoms with E-state index in [0.29, 0.717) is 27.5 Å². The van der Waals surface area contributed by atoms with Crippen LogP contribution in [0.4, 0.5) is 27.6 Å². The highest BCUT2D eigenvalue weighted by molar-refractivity contribution is 6.15. The molecule has 5 nitrogen and oxygen atoms in total. The highest BCUT2D eigenvalue weighted by Crippen LogP contribution is 2.28. The van der Waals surface area contributed by atoms with Crippen LogP contribution in [0.1, 0.15) is 22.3 Å². The summed E-state index contributed by atoms with van der Waals surface area (Å²) in [5, 5.41) is 6.15. The van der Waals surface area contributed by atoms with Crippen molar-refractivity contribution in [3.63, 3.8) is 0 Å². The molecule has 0 saturated heterocycles. The van der Waals surface area contributed by atoms with Gasteiger partial charge in [0.05, 0.1) is 17.7 Å². The number of H-pyrrole nitrogens is 1. The van der Waals surface area contributed by atoms with Gasteiger partial charge in [-0.15, -0.1) is 0 Å². The van der Waals surface area contributed by atoms with E-state index in [9.17, 15) is 26.7 Å².